The minimum atomic E-state index is -0.508. The van der Waals surface area contributed by atoms with E-state index in [1.165, 1.54) is 0 Å². The Balaban J connectivity index is 2.29. The van der Waals surface area contributed by atoms with Crippen molar-refractivity contribution in [3.63, 3.8) is 0 Å². The van der Waals surface area contributed by atoms with Gasteiger partial charge < -0.3 is 5.73 Å². The molecule has 1 aromatic heterocycles. The van der Waals surface area contributed by atoms with Crippen molar-refractivity contribution < 1.29 is 0 Å². The number of nitrogens with two attached hydrogens (primary N) is 1. The van der Waals surface area contributed by atoms with Gasteiger partial charge in [0.1, 0.15) is 0 Å². The van der Waals surface area contributed by atoms with Crippen molar-refractivity contribution in [2.75, 3.05) is 0 Å². The summed E-state index contributed by atoms with van der Waals surface area (Å²) in [6.07, 6.45) is 0.714. The minimum absolute atomic E-state index is 0.508. The second-order valence-electron chi connectivity index (χ2n) is 4.42. The number of halogens is 3. The average molecular weight is 365 g/mol. The van der Waals surface area contributed by atoms with Gasteiger partial charge in [-0.1, -0.05) is 45.2 Å². The van der Waals surface area contributed by atoms with E-state index in [0.717, 1.165) is 19.2 Å². The molecule has 2 rings (SSSR count). The highest BCUT2D eigenvalue weighted by molar-refractivity contribution is 9.10. The molecule has 0 aliphatic rings. The third kappa shape index (κ3) is 3.28. The summed E-state index contributed by atoms with van der Waals surface area (Å²) in [5, 5.41) is 0.678. The van der Waals surface area contributed by atoms with Crippen LogP contribution < -0.4 is 5.73 Å². The maximum Gasteiger partial charge on any atom is 0.0931 e. The van der Waals surface area contributed by atoms with Gasteiger partial charge in [-0.3, -0.25) is 0 Å². The summed E-state index contributed by atoms with van der Waals surface area (Å²) in [5.41, 5.74) is 6.83. The van der Waals surface area contributed by atoms with E-state index in [9.17, 15) is 0 Å². The van der Waals surface area contributed by atoms with Crippen LogP contribution in [0.2, 0.25) is 9.36 Å². The Morgan fingerprint density at radius 3 is 2.56 bits per heavy atom. The van der Waals surface area contributed by atoms with Crippen molar-refractivity contribution in [1.82, 2.24) is 0 Å². The molecule has 0 aliphatic carbocycles. The standard InChI is InChI=1S/C13H12BrCl2NS/c1-13(17,7-9-3-5-12(16)18-9)10-4-2-8(14)6-11(10)15/h2-6H,7,17H2,1H3. The van der Waals surface area contributed by atoms with Gasteiger partial charge in [0.05, 0.1) is 4.34 Å². The summed E-state index contributed by atoms with van der Waals surface area (Å²) >= 11 is 17.1. The molecule has 1 aromatic carbocycles. The molecule has 1 atom stereocenters. The fraction of sp³-hybridized carbons (Fsp3) is 0.231. The average Bonchev–Trinajstić information content (AvgIpc) is 2.62. The molecule has 0 saturated heterocycles. The molecular weight excluding hydrogens is 353 g/mol. The van der Waals surface area contributed by atoms with Crippen molar-refractivity contribution in [1.29, 1.82) is 0 Å². The lowest BCUT2D eigenvalue weighted by Gasteiger charge is -2.26. The van der Waals surface area contributed by atoms with Crippen molar-refractivity contribution in [3.8, 4) is 0 Å². The number of rotatable bonds is 3. The predicted octanol–water partition coefficient (Wildman–Crippen LogP) is 5.23. The van der Waals surface area contributed by atoms with Crippen molar-refractivity contribution in [3.05, 3.63) is 54.6 Å². The minimum Gasteiger partial charge on any atom is -0.321 e. The molecule has 0 bridgehead atoms. The van der Waals surface area contributed by atoms with Crippen LogP contribution in [0.15, 0.2) is 34.8 Å². The topological polar surface area (TPSA) is 26.0 Å². The van der Waals surface area contributed by atoms with Crippen LogP contribution >= 0.6 is 50.5 Å². The van der Waals surface area contributed by atoms with E-state index in [-0.39, 0.29) is 0 Å². The predicted molar refractivity (Wildman–Crippen MR) is 83.7 cm³/mol. The Hall–Kier alpha value is -0.0600. The van der Waals surface area contributed by atoms with E-state index in [4.69, 9.17) is 28.9 Å². The molecule has 0 spiro atoms. The molecule has 96 valence electrons. The van der Waals surface area contributed by atoms with E-state index in [1.54, 1.807) is 11.3 Å². The Kier molecular flexibility index (Phi) is 4.40. The summed E-state index contributed by atoms with van der Waals surface area (Å²) < 4.78 is 1.73. The molecule has 5 heteroatoms. The number of hydrogen-bond donors (Lipinski definition) is 1. The van der Waals surface area contributed by atoms with E-state index in [0.29, 0.717) is 11.4 Å². The number of benzene rings is 1. The van der Waals surface area contributed by atoms with Crippen LogP contribution in [-0.2, 0) is 12.0 Å². The fourth-order valence-corrected chi connectivity index (χ4v) is 4.00. The third-order valence-electron chi connectivity index (χ3n) is 2.72. The smallest absolute Gasteiger partial charge is 0.0931 e. The Labute approximate surface area is 129 Å². The number of thiophene rings is 1. The summed E-state index contributed by atoms with van der Waals surface area (Å²) in [6, 6.07) is 9.67. The SMILES string of the molecule is CC(N)(Cc1ccc(Cl)s1)c1ccc(Br)cc1Cl. The Bertz CT molecular complexity index is 566. The largest absolute Gasteiger partial charge is 0.321 e. The first kappa shape index (κ1) is 14.4. The third-order valence-corrected chi connectivity index (χ3v) is 4.75. The molecule has 2 N–H and O–H groups in total. The maximum atomic E-state index is 6.39. The maximum absolute atomic E-state index is 6.39. The van der Waals surface area contributed by atoms with E-state index in [1.807, 2.05) is 37.3 Å². The van der Waals surface area contributed by atoms with Gasteiger partial charge in [0.15, 0.2) is 0 Å². The van der Waals surface area contributed by atoms with Crippen molar-refractivity contribution in [2.45, 2.75) is 18.9 Å². The quantitative estimate of drug-likeness (QED) is 0.792. The Morgan fingerprint density at radius 2 is 2.00 bits per heavy atom. The van der Waals surface area contributed by atoms with E-state index >= 15 is 0 Å². The first-order valence-corrected chi connectivity index (χ1v) is 7.74. The van der Waals surface area contributed by atoms with Crippen LogP contribution in [0.1, 0.15) is 17.4 Å². The first-order valence-electron chi connectivity index (χ1n) is 5.37. The van der Waals surface area contributed by atoms with Gasteiger partial charge in [-0.2, -0.15) is 0 Å². The lowest BCUT2D eigenvalue weighted by atomic mass is 9.89. The van der Waals surface area contributed by atoms with Crippen molar-refractivity contribution in [2.24, 2.45) is 5.73 Å². The zero-order chi connectivity index (χ0) is 13.3. The fourth-order valence-electron chi connectivity index (χ4n) is 1.86. The van der Waals surface area contributed by atoms with E-state index in [2.05, 4.69) is 15.9 Å². The molecular formula is C13H12BrCl2NS. The van der Waals surface area contributed by atoms with Gasteiger partial charge >= 0.3 is 0 Å². The Morgan fingerprint density at radius 1 is 1.28 bits per heavy atom. The van der Waals surface area contributed by atoms with Crippen LogP contribution in [0.5, 0.6) is 0 Å². The zero-order valence-electron chi connectivity index (χ0n) is 9.71. The highest BCUT2D eigenvalue weighted by Crippen LogP contribution is 2.33. The molecule has 2 aromatic rings. The molecule has 1 heterocycles. The lowest BCUT2D eigenvalue weighted by molar-refractivity contribution is 0.495. The van der Waals surface area contributed by atoms with Gasteiger partial charge in [0, 0.05) is 26.3 Å². The van der Waals surface area contributed by atoms with E-state index < -0.39 is 5.54 Å². The zero-order valence-corrected chi connectivity index (χ0v) is 13.6. The summed E-state index contributed by atoms with van der Waals surface area (Å²) in [4.78, 5) is 1.16. The molecule has 0 aliphatic heterocycles. The van der Waals surface area contributed by atoms with Crippen LogP contribution in [-0.4, -0.2) is 0 Å². The van der Waals surface area contributed by atoms with Crippen molar-refractivity contribution >= 4 is 50.5 Å². The monoisotopic (exact) mass is 363 g/mol. The van der Waals surface area contributed by atoms with Crippen LogP contribution in [0.3, 0.4) is 0 Å². The van der Waals surface area contributed by atoms with Gasteiger partial charge in [0.25, 0.3) is 0 Å². The second kappa shape index (κ2) is 5.51. The summed E-state index contributed by atoms with van der Waals surface area (Å²) in [7, 11) is 0. The molecule has 1 nitrogen and oxygen atoms in total. The second-order valence-corrected chi connectivity index (χ2v) is 7.55. The first-order chi connectivity index (χ1) is 8.38. The van der Waals surface area contributed by atoms with Crippen LogP contribution in [0.4, 0.5) is 0 Å². The highest BCUT2D eigenvalue weighted by Gasteiger charge is 2.25. The van der Waals surface area contributed by atoms with Gasteiger partial charge in [-0.05, 0) is 36.8 Å². The van der Waals surface area contributed by atoms with Gasteiger partial charge in [-0.25, -0.2) is 0 Å². The summed E-state index contributed by atoms with van der Waals surface area (Å²) in [5.74, 6) is 0. The van der Waals surface area contributed by atoms with Gasteiger partial charge in [0.2, 0.25) is 0 Å². The molecule has 1 unspecified atom stereocenters. The molecule has 0 amide bonds. The number of hydrogen-bond acceptors (Lipinski definition) is 2. The molecule has 0 fully saturated rings. The molecule has 18 heavy (non-hydrogen) atoms. The van der Waals surface area contributed by atoms with Crippen LogP contribution in [0.25, 0.3) is 0 Å². The van der Waals surface area contributed by atoms with Gasteiger partial charge in [-0.15, -0.1) is 11.3 Å². The highest BCUT2D eigenvalue weighted by atomic mass is 79.9. The normalized spacial score (nSPS) is 14.5. The lowest BCUT2D eigenvalue weighted by Crippen LogP contribution is -2.35. The molecule has 0 saturated carbocycles. The van der Waals surface area contributed by atoms with Crippen LogP contribution in [0, 0.1) is 0 Å². The molecule has 0 radical (unpaired) electrons. The summed E-state index contributed by atoms with van der Waals surface area (Å²) in [6.45, 7) is 1.98.